The lowest BCUT2D eigenvalue weighted by Crippen LogP contribution is -2.04. The third-order valence-corrected chi connectivity index (χ3v) is 2.18. The zero-order chi connectivity index (χ0) is 11.8. The van der Waals surface area contributed by atoms with Gasteiger partial charge in [-0.1, -0.05) is 36.5 Å². The van der Waals surface area contributed by atoms with Crippen molar-refractivity contribution in [2.45, 2.75) is 12.8 Å². The molecular formula is C13H14O3. The van der Waals surface area contributed by atoms with Gasteiger partial charge in [-0.3, -0.25) is 4.79 Å². The number of carboxylic acids is 1. The molecule has 0 amide bonds. The molecule has 0 fully saturated rings. The molecule has 0 saturated heterocycles. The van der Waals surface area contributed by atoms with Crippen molar-refractivity contribution in [2.75, 3.05) is 0 Å². The van der Waals surface area contributed by atoms with Gasteiger partial charge in [-0.15, -0.1) is 0 Å². The first kappa shape index (κ1) is 12.2. The number of allylic oxidation sites excluding steroid dienone is 7. The molecule has 84 valence electrons. The molecule has 3 heteroatoms. The second-order valence-corrected chi connectivity index (χ2v) is 3.50. The molecule has 0 heterocycles. The Labute approximate surface area is 94.5 Å². The first-order valence-electron chi connectivity index (χ1n) is 5.14. The van der Waals surface area contributed by atoms with Gasteiger partial charge in [0.15, 0.2) is 5.78 Å². The number of rotatable bonds is 4. The van der Waals surface area contributed by atoms with Crippen LogP contribution >= 0.6 is 0 Å². The Morgan fingerprint density at radius 1 is 1.31 bits per heavy atom. The summed E-state index contributed by atoms with van der Waals surface area (Å²) in [6, 6.07) is 0. The van der Waals surface area contributed by atoms with E-state index in [4.69, 9.17) is 5.11 Å². The fraction of sp³-hybridized carbons (Fsp3) is 0.231. The molecule has 0 spiro atoms. The first-order valence-corrected chi connectivity index (χ1v) is 5.14. The zero-order valence-corrected chi connectivity index (χ0v) is 8.87. The van der Waals surface area contributed by atoms with Crippen LogP contribution in [0, 0.1) is 5.92 Å². The molecule has 1 N–H and O–H groups in total. The van der Waals surface area contributed by atoms with E-state index >= 15 is 0 Å². The predicted octanol–water partition coefficient (Wildman–Crippen LogP) is 2.27. The minimum Gasteiger partial charge on any atom is -0.478 e. The molecule has 16 heavy (non-hydrogen) atoms. The van der Waals surface area contributed by atoms with Crippen LogP contribution in [0.3, 0.4) is 0 Å². The molecule has 0 aromatic heterocycles. The third kappa shape index (κ3) is 5.10. The van der Waals surface area contributed by atoms with E-state index in [9.17, 15) is 9.59 Å². The molecule has 0 radical (unpaired) electrons. The largest absolute Gasteiger partial charge is 0.478 e. The number of carbonyl (C=O) groups is 2. The van der Waals surface area contributed by atoms with E-state index in [2.05, 4.69) is 0 Å². The molecule has 1 rings (SSSR count). The van der Waals surface area contributed by atoms with Crippen LogP contribution in [0.1, 0.15) is 12.8 Å². The molecule has 0 bridgehead atoms. The summed E-state index contributed by atoms with van der Waals surface area (Å²) in [7, 11) is 0. The van der Waals surface area contributed by atoms with Gasteiger partial charge in [0, 0.05) is 12.5 Å². The highest BCUT2D eigenvalue weighted by molar-refractivity contribution is 5.90. The van der Waals surface area contributed by atoms with E-state index in [1.165, 1.54) is 6.08 Å². The third-order valence-electron chi connectivity index (χ3n) is 2.18. The van der Waals surface area contributed by atoms with Gasteiger partial charge in [0.1, 0.15) is 0 Å². The lowest BCUT2D eigenvalue weighted by molar-refractivity contribution is -0.131. The predicted molar refractivity (Wildman–Crippen MR) is 61.9 cm³/mol. The molecular weight excluding hydrogens is 204 g/mol. The molecule has 1 aliphatic rings. The minimum atomic E-state index is -0.956. The smallest absolute Gasteiger partial charge is 0.328 e. The minimum absolute atomic E-state index is 0.185. The van der Waals surface area contributed by atoms with Gasteiger partial charge in [0.05, 0.1) is 0 Å². The van der Waals surface area contributed by atoms with Crippen molar-refractivity contribution < 1.29 is 14.7 Å². The van der Waals surface area contributed by atoms with E-state index in [-0.39, 0.29) is 5.78 Å². The molecule has 1 unspecified atom stereocenters. The van der Waals surface area contributed by atoms with E-state index in [0.717, 1.165) is 12.5 Å². The molecule has 0 aromatic carbocycles. The number of hydrogen-bond donors (Lipinski definition) is 1. The summed E-state index contributed by atoms with van der Waals surface area (Å²) in [5, 5.41) is 8.32. The summed E-state index contributed by atoms with van der Waals surface area (Å²) in [4.78, 5) is 21.0. The fourth-order valence-corrected chi connectivity index (χ4v) is 1.35. The number of carbonyl (C=O) groups excluding carboxylic acids is 1. The van der Waals surface area contributed by atoms with E-state index in [1.54, 1.807) is 18.2 Å². The molecule has 1 aliphatic carbocycles. The number of hydrogen-bond acceptors (Lipinski definition) is 2. The van der Waals surface area contributed by atoms with Crippen molar-refractivity contribution in [1.29, 1.82) is 0 Å². The summed E-state index contributed by atoms with van der Waals surface area (Å²) in [6.45, 7) is 0. The molecule has 0 aliphatic heterocycles. The van der Waals surface area contributed by atoms with Gasteiger partial charge in [0.2, 0.25) is 0 Å². The lowest BCUT2D eigenvalue weighted by atomic mass is 9.95. The maximum Gasteiger partial charge on any atom is 0.328 e. The van der Waals surface area contributed by atoms with Gasteiger partial charge in [-0.2, -0.15) is 0 Å². The van der Waals surface area contributed by atoms with Gasteiger partial charge in [-0.05, 0) is 18.4 Å². The Balaban J connectivity index is 2.35. The second-order valence-electron chi connectivity index (χ2n) is 3.50. The topological polar surface area (TPSA) is 54.4 Å². The molecule has 3 nitrogen and oxygen atoms in total. The molecule has 1 atom stereocenters. The average molecular weight is 218 g/mol. The summed E-state index contributed by atoms with van der Waals surface area (Å²) in [6.07, 6.45) is 14.8. The van der Waals surface area contributed by atoms with Crippen molar-refractivity contribution in [3.8, 4) is 0 Å². The highest BCUT2D eigenvalue weighted by Crippen LogP contribution is 2.15. The Morgan fingerprint density at radius 2 is 2.06 bits per heavy atom. The highest BCUT2D eigenvalue weighted by atomic mass is 16.4. The van der Waals surface area contributed by atoms with E-state index in [0.29, 0.717) is 12.3 Å². The van der Waals surface area contributed by atoms with E-state index < -0.39 is 5.97 Å². The quantitative estimate of drug-likeness (QED) is 0.581. The second kappa shape index (κ2) is 6.56. The number of aliphatic carboxylic acids is 1. The van der Waals surface area contributed by atoms with Crippen LogP contribution < -0.4 is 0 Å². The summed E-state index contributed by atoms with van der Waals surface area (Å²) < 4.78 is 0. The summed E-state index contributed by atoms with van der Waals surface area (Å²) in [5.41, 5.74) is 0. The maximum absolute atomic E-state index is 10.9. The normalized spacial score (nSPS) is 21.5. The highest BCUT2D eigenvalue weighted by Gasteiger charge is 2.08. The number of carboxylic acid groups (broad SMARTS) is 1. The Bertz CT molecular complexity index is 373. The standard InChI is InChI=1S/C13H14O3/c14-12-9-7-11(8-10-12)5-3-1-2-4-6-13(15)16/h1-7,9,11H,8,10H2,(H,15,16)/b2-1+,5-3+,6-4+. The van der Waals surface area contributed by atoms with Crippen molar-refractivity contribution >= 4 is 11.8 Å². The lowest BCUT2D eigenvalue weighted by Gasteiger charge is -2.09. The van der Waals surface area contributed by atoms with Crippen LogP contribution in [0.15, 0.2) is 48.6 Å². The van der Waals surface area contributed by atoms with Crippen molar-refractivity contribution in [1.82, 2.24) is 0 Å². The van der Waals surface area contributed by atoms with Gasteiger partial charge in [0.25, 0.3) is 0 Å². The fourth-order valence-electron chi connectivity index (χ4n) is 1.35. The zero-order valence-electron chi connectivity index (χ0n) is 8.87. The van der Waals surface area contributed by atoms with Crippen molar-refractivity contribution in [2.24, 2.45) is 5.92 Å². The van der Waals surface area contributed by atoms with Crippen molar-refractivity contribution in [3.05, 3.63) is 48.6 Å². The summed E-state index contributed by atoms with van der Waals surface area (Å²) in [5.74, 6) is -0.460. The Kier molecular flexibility index (Phi) is 4.99. The maximum atomic E-state index is 10.9. The Hall–Kier alpha value is -1.90. The SMILES string of the molecule is O=C(O)/C=C/C=C/C=C/C1C=CC(=O)CC1. The summed E-state index contributed by atoms with van der Waals surface area (Å²) >= 11 is 0. The molecule has 0 aromatic rings. The van der Waals surface area contributed by atoms with Crippen molar-refractivity contribution in [3.63, 3.8) is 0 Å². The van der Waals surface area contributed by atoms with Crippen LogP contribution in [-0.4, -0.2) is 16.9 Å². The number of ketones is 1. The molecule has 0 saturated carbocycles. The monoisotopic (exact) mass is 218 g/mol. The van der Waals surface area contributed by atoms with Gasteiger partial charge < -0.3 is 5.11 Å². The van der Waals surface area contributed by atoms with Crippen LogP contribution in [0.2, 0.25) is 0 Å². The van der Waals surface area contributed by atoms with Gasteiger partial charge >= 0.3 is 5.97 Å². The van der Waals surface area contributed by atoms with Crippen LogP contribution in [-0.2, 0) is 9.59 Å². The Morgan fingerprint density at radius 3 is 2.69 bits per heavy atom. The van der Waals surface area contributed by atoms with Crippen LogP contribution in [0.25, 0.3) is 0 Å². The van der Waals surface area contributed by atoms with Gasteiger partial charge in [-0.25, -0.2) is 4.79 Å². The average Bonchev–Trinajstić information content (AvgIpc) is 2.25. The van der Waals surface area contributed by atoms with Crippen LogP contribution in [0.4, 0.5) is 0 Å². The van der Waals surface area contributed by atoms with Crippen LogP contribution in [0.5, 0.6) is 0 Å². The first-order chi connectivity index (χ1) is 7.68. The van der Waals surface area contributed by atoms with E-state index in [1.807, 2.05) is 18.2 Å².